The van der Waals surface area contributed by atoms with Crippen molar-refractivity contribution in [3.05, 3.63) is 64.1 Å². The van der Waals surface area contributed by atoms with Gasteiger partial charge in [0.1, 0.15) is 11.3 Å². The molecule has 3 N–H and O–H groups in total. The van der Waals surface area contributed by atoms with E-state index < -0.39 is 0 Å². The van der Waals surface area contributed by atoms with Gasteiger partial charge in [-0.25, -0.2) is 9.50 Å². The predicted molar refractivity (Wildman–Crippen MR) is 87.8 cm³/mol. The number of aromatic nitrogens is 5. The summed E-state index contributed by atoms with van der Waals surface area (Å²) in [7, 11) is 0. The number of carbonyl (C=O) groups excluding carboxylic acids is 1. The highest BCUT2D eigenvalue weighted by Crippen LogP contribution is 2.10. The first-order chi connectivity index (χ1) is 11.6. The highest BCUT2D eigenvalue weighted by Gasteiger charge is 2.13. The molecule has 4 rings (SSSR count). The van der Waals surface area contributed by atoms with Crippen LogP contribution in [0.2, 0.25) is 0 Å². The Hall–Kier alpha value is -3.42. The summed E-state index contributed by atoms with van der Waals surface area (Å²) >= 11 is 0. The van der Waals surface area contributed by atoms with E-state index in [0.717, 1.165) is 11.0 Å². The fourth-order valence-electron chi connectivity index (χ4n) is 2.58. The lowest BCUT2D eigenvalue weighted by molar-refractivity contribution is 0.0944. The van der Waals surface area contributed by atoms with Crippen LogP contribution in [0.5, 0.6) is 0 Å². The molecule has 8 nitrogen and oxygen atoms in total. The summed E-state index contributed by atoms with van der Waals surface area (Å²) < 4.78 is 1.41. The van der Waals surface area contributed by atoms with Crippen LogP contribution in [-0.4, -0.2) is 30.5 Å². The van der Waals surface area contributed by atoms with Crippen LogP contribution in [-0.2, 0) is 6.54 Å². The van der Waals surface area contributed by atoms with E-state index in [2.05, 4.69) is 25.4 Å². The number of benzene rings is 1. The average molecular weight is 322 g/mol. The maximum Gasteiger partial charge on any atom is 0.274 e. The zero-order valence-corrected chi connectivity index (χ0v) is 12.8. The third kappa shape index (κ3) is 2.43. The molecule has 0 spiro atoms. The summed E-state index contributed by atoms with van der Waals surface area (Å²) in [6.07, 6.45) is 1.66. The Morgan fingerprint density at radius 3 is 2.96 bits per heavy atom. The van der Waals surface area contributed by atoms with Gasteiger partial charge in [0.2, 0.25) is 0 Å². The van der Waals surface area contributed by atoms with Gasteiger partial charge in [-0.1, -0.05) is 12.1 Å². The third-order valence-electron chi connectivity index (χ3n) is 3.68. The van der Waals surface area contributed by atoms with E-state index in [4.69, 9.17) is 0 Å². The molecule has 0 unspecified atom stereocenters. The second-order valence-corrected chi connectivity index (χ2v) is 5.51. The molecule has 3 heterocycles. The van der Waals surface area contributed by atoms with Crippen molar-refractivity contribution in [3.8, 4) is 0 Å². The second-order valence-electron chi connectivity index (χ2n) is 5.51. The van der Waals surface area contributed by atoms with Crippen molar-refractivity contribution in [2.75, 3.05) is 0 Å². The van der Waals surface area contributed by atoms with Crippen LogP contribution in [0.3, 0.4) is 0 Å². The lowest BCUT2D eigenvalue weighted by Gasteiger charge is -1.99. The fraction of sp³-hybridized carbons (Fsp3) is 0.125. The minimum Gasteiger partial charge on any atom is -0.343 e. The molecule has 1 aromatic carbocycles. The van der Waals surface area contributed by atoms with Crippen molar-refractivity contribution >= 4 is 22.5 Å². The van der Waals surface area contributed by atoms with E-state index in [9.17, 15) is 9.59 Å². The summed E-state index contributed by atoms with van der Waals surface area (Å²) in [6.45, 7) is 2.00. The fourth-order valence-corrected chi connectivity index (χ4v) is 2.58. The van der Waals surface area contributed by atoms with Crippen molar-refractivity contribution in [1.82, 2.24) is 29.9 Å². The minimum absolute atomic E-state index is 0.183. The van der Waals surface area contributed by atoms with Crippen LogP contribution >= 0.6 is 0 Å². The maximum atomic E-state index is 12.3. The summed E-state index contributed by atoms with van der Waals surface area (Å²) in [6, 6.07) is 9.10. The van der Waals surface area contributed by atoms with Gasteiger partial charge in [0, 0.05) is 18.0 Å². The van der Waals surface area contributed by atoms with Crippen LogP contribution in [0, 0.1) is 6.92 Å². The van der Waals surface area contributed by atoms with E-state index in [1.807, 2.05) is 24.3 Å². The largest absolute Gasteiger partial charge is 0.343 e. The van der Waals surface area contributed by atoms with Crippen molar-refractivity contribution in [3.63, 3.8) is 0 Å². The highest BCUT2D eigenvalue weighted by molar-refractivity contribution is 5.93. The average Bonchev–Trinajstić information content (AvgIpc) is 3.15. The number of H-pyrrole nitrogens is 2. The van der Waals surface area contributed by atoms with Crippen molar-refractivity contribution in [2.24, 2.45) is 0 Å². The normalized spacial score (nSPS) is 11.2. The number of nitrogens with one attached hydrogen (secondary N) is 3. The maximum absolute atomic E-state index is 12.3. The SMILES string of the molecule is Cc1cn2nc(C(=O)NCc3nc4ccccc4[nH]3)cc2c(=O)[nH]1. The molecule has 0 aliphatic heterocycles. The third-order valence-corrected chi connectivity index (χ3v) is 3.68. The summed E-state index contributed by atoms with van der Waals surface area (Å²) in [5, 5.41) is 6.89. The smallest absolute Gasteiger partial charge is 0.274 e. The van der Waals surface area contributed by atoms with Gasteiger partial charge < -0.3 is 15.3 Å². The molecule has 0 saturated heterocycles. The molecule has 3 aromatic heterocycles. The first kappa shape index (κ1) is 14.2. The Bertz CT molecular complexity index is 1090. The van der Waals surface area contributed by atoms with Crippen LogP contribution in [0.1, 0.15) is 22.0 Å². The van der Waals surface area contributed by atoms with Crippen molar-refractivity contribution in [2.45, 2.75) is 13.5 Å². The molecule has 0 radical (unpaired) electrons. The molecule has 0 atom stereocenters. The molecule has 0 aliphatic rings. The standard InChI is InChI=1S/C16H14N6O2/c1-9-8-22-13(16(24)18-9)6-12(21-22)15(23)17-7-14-19-10-4-2-3-5-11(10)20-14/h2-6,8H,7H2,1H3,(H,17,23)(H,18,24)(H,19,20). The van der Waals surface area contributed by atoms with Gasteiger partial charge in [-0.15, -0.1) is 0 Å². The first-order valence-electron chi connectivity index (χ1n) is 7.41. The number of imidazole rings is 1. The molecular formula is C16H14N6O2. The lowest BCUT2D eigenvalue weighted by atomic mass is 10.3. The first-order valence-corrected chi connectivity index (χ1v) is 7.41. The summed E-state index contributed by atoms with van der Waals surface area (Å²) in [5.41, 5.74) is 2.66. The number of aromatic amines is 2. The quantitative estimate of drug-likeness (QED) is 0.525. The van der Waals surface area contributed by atoms with Gasteiger partial charge in [-0.3, -0.25) is 9.59 Å². The minimum atomic E-state index is -0.365. The second kappa shape index (κ2) is 5.34. The number of hydrogen-bond acceptors (Lipinski definition) is 4. The number of para-hydroxylation sites is 2. The Kier molecular flexibility index (Phi) is 3.16. The zero-order valence-electron chi connectivity index (χ0n) is 12.8. The molecule has 8 heteroatoms. The van der Waals surface area contributed by atoms with E-state index in [1.54, 1.807) is 13.1 Å². The van der Waals surface area contributed by atoms with Gasteiger partial charge in [0.05, 0.1) is 17.6 Å². The molecule has 4 aromatic rings. The number of aryl methyl sites for hydroxylation is 1. The summed E-state index contributed by atoms with van der Waals surface area (Å²) in [5.74, 6) is 0.290. The highest BCUT2D eigenvalue weighted by atomic mass is 16.2. The Balaban J connectivity index is 1.55. The molecular weight excluding hydrogens is 308 g/mol. The van der Waals surface area contributed by atoms with Crippen LogP contribution in [0.15, 0.2) is 41.3 Å². The monoisotopic (exact) mass is 322 g/mol. The van der Waals surface area contributed by atoms with Crippen LogP contribution in [0.25, 0.3) is 16.6 Å². The Morgan fingerprint density at radius 1 is 1.29 bits per heavy atom. The molecule has 1 amide bonds. The molecule has 0 saturated carbocycles. The Morgan fingerprint density at radius 2 is 2.12 bits per heavy atom. The van der Waals surface area contributed by atoms with Crippen LogP contribution < -0.4 is 10.9 Å². The Labute approximate surface area is 135 Å². The summed E-state index contributed by atoms with van der Waals surface area (Å²) in [4.78, 5) is 34.3. The van der Waals surface area contributed by atoms with E-state index in [0.29, 0.717) is 17.0 Å². The number of rotatable bonds is 3. The van der Waals surface area contributed by atoms with Gasteiger partial charge in [0.25, 0.3) is 11.5 Å². The predicted octanol–water partition coefficient (Wildman–Crippen LogP) is 1.14. The van der Waals surface area contributed by atoms with E-state index in [-0.39, 0.29) is 23.7 Å². The van der Waals surface area contributed by atoms with E-state index in [1.165, 1.54) is 10.6 Å². The van der Waals surface area contributed by atoms with Crippen molar-refractivity contribution < 1.29 is 4.79 Å². The van der Waals surface area contributed by atoms with Gasteiger partial charge in [0.15, 0.2) is 5.69 Å². The molecule has 24 heavy (non-hydrogen) atoms. The number of nitrogens with zero attached hydrogens (tertiary/aromatic N) is 3. The zero-order chi connectivity index (χ0) is 16.7. The van der Waals surface area contributed by atoms with Gasteiger partial charge in [-0.05, 0) is 19.1 Å². The lowest BCUT2D eigenvalue weighted by Crippen LogP contribution is -2.23. The molecule has 0 bridgehead atoms. The number of carbonyl (C=O) groups is 1. The van der Waals surface area contributed by atoms with Gasteiger partial charge in [-0.2, -0.15) is 5.10 Å². The van der Waals surface area contributed by atoms with E-state index >= 15 is 0 Å². The number of amides is 1. The topological polar surface area (TPSA) is 108 Å². The van der Waals surface area contributed by atoms with Crippen LogP contribution in [0.4, 0.5) is 0 Å². The number of fused-ring (bicyclic) bond motifs is 2. The van der Waals surface area contributed by atoms with Gasteiger partial charge >= 0.3 is 0 Å². The molecule has 120 valence electrons. The molecule has 0 aliphatic carbocycles. The van der Waals surface area contributed by atoms with Crippen molar-refractivity contribution in [1.29, 1.82) is 0 Å². The number of hydrogen-bond donors (Lipinski definition) is 3. The molecule has 0 fully saturated rings.